The van der Waals surface area contributed by atoms with Gasteiger partial charge < -0.3 is 11.5 Å². The Morgan fingerprint density at radius 3 is 2.33 bits per heavy atom. The Hall–Kier alpha value is -2.03. The Morgan fingerprint density at radius 1 is 1.08 bits per heavy atom. The van der Waals surface area contributed by atoms with Crippen LogP contribution in [0.1, 0.15) is 6.42 Å². The summed E-state index contributed by atoms with van der Waals surface area (Å²) in [5, 5.41) is 0. The number of nitrogen functional groups attached to an aromatic ring is 1. The van der Waals surface area contributed by atoms with Gasteiger partial charge >= 0.3 is 0 Å². The number of anilines is 1. The lowest BCUT2D eigenvalue weighted by atomic mass is 10.0. The number of nitrogens with two attached hydrogens (primary N) is 2. The van der Waals surface area contributed by atoms with Gasteiger partial charge in [0.1, 0.15) is 16.5 Å². The van der Waals surface area contributed by atoms with Gasteiger partial charge in [-0.2, -0.15) is 4.31 Å². The van der Waals surface area contributed by atoms with Crippen LogP contribution in [0.2, 0.25) is 0 Å². The SMILES string of the molecule is Nc1ccc(-c2cc(F)c(S(=O)(=O)N3CCC(N)C3)cc2F)cc1. The van der Waals surface area contributed by atoms with Crippen LogP contribution in [0, 0.1) is 11.6 Å². The molecule has 0 radical (unpaired) electrons. The van der Waals surface area contributed by atoms with E-state index in [1.54, 1.807) is 24.3 Å². The molecule has 1 aliphatic heterocycles. The Balaban J connectivity index is 2.03. The fourth-order valence-corrected chi connectivity index (χ4v) is 4.29. The molecule has 1 aliphatic rings. The number of nitrogens with zero attached hydrogens (tertiary/aromatic N) is 1. The smallest absolute Gasteiger partial charge is 0.246 e. The number of hydrogen-bond acceptors (Lipinski definition) is 4. The first kappa shape index (κ1) is 16.8. The van der Waals surface area contributed by atoms with Crippen LogP contribution >= 0.6 is 0 Å². The maximum absolute atomic E-state index is 14.4. The van der Waals surface area contributed by atoms with E-state index in [2.05, 4.69) is 0 Å². The van der Waals surface area contributed by atoms with Crippen molar-refractivity contribution >= 4 is 15.7 Å². The zero-order chi connectivity index (χ0) is 17.5. The highest BCUT2D eigenvalue weighted by molar-refractivity contribution is 7.89. The van der Waals surface area contributed by atoms with E-state index < -0.39 is 26.6 Å². The quantitative estimate of drug-likeness (QED) is 0.825. The standard InChI is InChI=1S/C16H17F2N3O2S/c17-14-8-16(24(22,23)21-6-5-12(20)9-21)15(18)7-13(14)10-1-3-11(19)4-2-10/h1-4,7-8,12H,5-6,9,19-20H2. The van der Waals surface area contributed by atoms with Gasteiger partial charge in [-0.15, -0.1) is 0 Å². The van der Waals surface area contributed by atoms with E-state index in [0.29, 0.717) is 17.7 Å². The molecule has 2 aromatic rings. The molecule has 1 heterocycles. The summed E-state index contributed by atoms with van der Waals surface area (Å²) in [4.78, 5) is -0.673. The summed E-state index contributed by atoms with van der Waals surface area (Å²) in [7, 11) is -4.11. The summed E-state index contributed by atoms with van der Waals surface area (Å²) in [6.07, 6.45) is 0.493. The van der Waals surface area contributed by atoms with Crippen LogP contribution in [0.15, 0.2) is 41.3 Å². The second-order valence-electron chi connectivity index (χ2n) is 5.80. The fourth-order valence-electron chi connectivity index (χ4n) is 2.72. The van der Waals surface area contributed by atoms with E-state index in [4.69, 9.17) is 11.5 Å². The van der Waals surface area contributed by atoms with Crippen molar-refractivity contribution in [3.63, 3.8) is 0 Å². The molecule has 0 aliphatic carbocycles. The van der Waals surface area contributed by atoms with E-state index in [-0.39, 0.29) is 24.7 Å². The van der Waals surface area contributed by atoms with Crippen LogP contribution in [0.3, 0.4) is 0 Å². The first-order valence-electron chi connectivity index (χ1n) is 7.40. The van der Waals surface area contributed by atoms with Gasteiger partial charge in [-0.3, -0.25) is 0 Å². The molecule has 3 rings (SSSR count). The highest BCUT2D eigenvalue weighted by Crippen LogP contribution is 2.30. The van der Waals surface area contributed by atoms with E-state index in [1.165, 1.54) is 0 Å². The predicted molar refractivity (Wildman–Crippen MR) is 87.6 cm³/mol. The zero-order valence-electron chi connectivity index (χ0n) is 12.7. The van der Waals surface area contributed by atoms with Crippen molar-refractivity contribution in [3.05, 3.63) is 48.0 Å². The Bertz CT molecular complexity index is 870. The third-order valence-corrected chi connectivity index (χ3v) is 5.93. The minimum atomic E-state index is -4.11. The molecule has 0 bridgehead atoms. The largest absolute Gasteiger partial charge is 0.399 e. The topological polar surface area (TPSA) is 89.4 Å². The van der Waals surface area contributed by atoms with Crippen LogP contribution < -0.4 is 11.5 Å². The van der Waals surface area contributed by atoms with Gasteiger partial charge in [0.2, 0.25) is 10.0 Å². The highest BCUT2D eigenvalue weighted by Gasteiger charge is 2.33. The molecule has 4 N–H and O–H groups in total. The van der Waals surface area contributed by atoms with Gasteiger partial charge in [-0.1, -0.05) is 12.1 Å². The summed E-state index contributed by atoms with van der Waals surface area (Å²) in [6, 6.07) is 7.53. The first-order chi connectivity index (χ1) is 11.3. The van der Waals surface area contributed by atoms with Crippen molar-refractivity contribution in [1.82, 2.24) is 4.31 Å². The van der Waals surface area contributed by atoms with E-state index in [1.807, 2.05) is 0 Å². The normalized spacial score (nSPS) is 18.9. The van der Waals surface area contributed by atoms with Crippen LogP contribution in [-0.4, -0.2) is 31.9 Å². The molecule has 0 aromatic heterocycles. The second-order valence-corrected chi connectivity index (χ2v) is 7.70. The summed E-state index contributed by atoms with van der Waals surface area (Å²) in [6.45, 7) is 0.299. The minimum absolute atomic E-state index is 0.0235. The molecule has 24 heavy (non-hydrogen) atoms. The van der Waals surface area contributed by atoms with Crippen LogP contribution in [-0.2, 0) is 10.0 Å². The van der Waals surface area contributed by atoms with Crippen molar-refractivity contribution < 1.29 is 17.2 Å². The molecule has 1 unspecified atom stereocenters. The average molecular weight is 353 g/mol. The summed E-state index contributed by atoms with van der Waals surface area (Å²) in [5.74, 6) is -1.81. The minimum Gasteiger partial charge on any atom is -0.399 e. The molecule has 128 valence electrons. The van der Waals surface area contributed by atoms with E-state index >= 15 is 0 Å². The summed E-state index contributed by atoms with van der Waals surface area (Å²) >= 11 is 0. The molecule has 0 saturated carbocycles. The molecular weight excluding hydrogens is 336 g/mol. The maximum Gasteiger partial charge on any atom is 0.246 e. The molecular formula is C16H17F2N3O2S. The van der Waals surface area contributed by atoms with Gasteiger partial charge in [0, 0.05) is 30.4 Å². The molecule has 1 fully saturated rings. The predicted octanol–water partition coefficient (Wildman–Crippen LogP) is 1.94. The average Bonchev–Trinajstić information content (AvgIpc) is 2.97. The third-order valence-electron chi connectivity index (χ3n) is 4.05. The Kier molecular flexibility index (Phi) is 4.29. The lowest BCUT2D eigenvalue weighted by Gasteiger charge is -2.17. The van der Waals surface area contributed by atoms with Gasteiger partial charge in [-0.25, -0.2) is 17.2 Å². The molecule has 0 amide bonds. The summed E-state index contributed by atoms with van der Waals surface area (Å²) < 4.78 is 54.9. The van der Waals surface area contributed by atoms with Crippen molar-refractivity contribution in [1.29, 1.82) is 0 Å². The third kappa shape index (κ3) is 3.00. The van der Waals surface area contributed by atoms with Crippen molar-refractivity contribution in [2.75, 3.05) is 18.8 Å². The molecule has 1 atom stereocenters. The Morgan fingerprint density at radius 2 is 1.75 bits per heavy atom. The van der Waals surface area contributed by atoms with Crippen LogP contribution in [0.25, 0.3) is 11.1 Å². The lowest BCUT2D eigenvalue weighted by Crippen LogP contribution is -2.32. The molecule has 8 heteroatoms. The Labute approximate surface area is 138 Å². The highest BCUT2D eigenvalue weighted by atomic mass is 32.2. The van der Waals surface area contributed by atoms with Crippen molar-refractivity contribution in [2.24, 2.45) is 5.73 Å². The number of benzene rings is 2. The second kappa shape index (κ2) is 6.12. The number of sulfonamides is 1. The van der Waals surface area contributed by atoms with Gasteiger partial charge in [0.15, 0.2) is 0 Å². The van der Waals surface area contributed by atoms with E-state index in [0.717, 1.165) is 16.4 Å². The lowest BCUT2D eigenvalue weighted by molar-refractivity contribution is 0.463. The number of hydrogen-bond donors (Lipinski definition) is 2. The van der Waals surface area contributed by atoms with Gasteiger partial charge in [0.05, 0.1) is 0 Å². The van der Waals surface area contributed by atoms with Crippen molar-refractivity contribution in [2.45, 2.75) is 17.4 Å². The maximum atomic E-state index is 14.4. The monoisotopic (exact) mass is 353 g/mol. The molecule has 5 nitrogen and oxygen atoms in total. The number of rotatable bonds is 3. The zero-order valence-corrected chi connectivity index (χ0v) is 13.6. The first-order valence-corrected chi connectivity index (χ1v) is 8.84. The number of halogens is 2. The molecule has 2 aromatic carbocycles. The van der Waals surface area contributed by atoms with Crippen LogP contribution in [0.5, 0.6) is 0 Å². The van der Waals surface area contributed by atoms with Crippen LogP contribution in [0.4, 0.5) is 14.5 Å². The van der Waals surface area contributed by atoms with Gasteiger partial charge in [0.25, 0.3) is 0 Å². The molecule has 1 saturated heterocycles. The van der Waals surface area contributed by atoms with Crippen molar-refractivity contribution in [3.8, 4) is 11.1 Å². The van der Waals surface area contributed by atoms with E-state index in [9.17, 15) is 17.2 Å². The fraction of sp³-hybridized carbons (Fsp3) is 0.250. The summed E-state index contributed by atoms with van der Waals surface area (Å²) in [5.41, 5.74) is 12.1. The molecule has 0 spiro atoms. The van der Waals surface area contributed by atoms with Gasteiger partial charge in [-0.05, 0) is 36.2 Å².